The van der Waals surface area contributed by atoms with E-state index in [0.29, 0.717) is 31.4 Å². The molecule has 0 unspecified atom stereocenters. The molecule has 3 aromatic rings. The van der Waals surface area contributed by atoms with Crippen LogP contribution in [0.15, 0.2) is 72.8 Å². The van der Waals surface area contributed by atoms with Crippen LogP contribution in [0.2, 0.25) is 0 Å². The minimum atomic E-state index is -4.45. The first-order valence-corrected chi connectivity index (χ1v) is 17.2. The maximum Gasteiger partial charge on any atom is 0.416 e. The van der Waals surface area contributed by atoms with Gasteiger partial charge in [-0.15, -0.1) is 0 Å². The first kappa shape index (κ1) is 33.2. The Kier molecular flexibility index (Phi) is 8.51. The summed E-state index contributed by atoms with van der Waals surface area (Å²) in [6.07, 6.45) is -1.49. The Morgan fingerprint density at radius 3 is 2.49 bits per heavy atom. The summed E-state index contributed by atoms with van der Waals surface area (Å²) in [5.74, 6) is 5.73. The van der Waals surface area contributed by atoms with E-state index in [-0.39, 0.29) is 24.0 Å². The van der Waals surface area contributed by atoms with Gasteiger partial charge in [-0.25, -0.2) is 0 Å². The summed E-state index contributed by atoms with van der Waals surface area (Å²) in [5, 5.41) is 0. The van der Waals surface area contributed by atoms with Crippen molar-refractivity contribution in [3.8, 4) is 17.6 Å². The highest BCUT2D eigenvalue weighted by molar-refractivity contribution is 5.94. The zero-order chi connectivity index (χ0) is 34.6. The molecule has 1 spiro atoms. The smallest absolute Gasteiger partial charge is 0.416 e. The SMILES string of the molecule is CC(=O)O[C@@]12CC[C@@H](N(CC(C)C)C(=O)C#Cc3ccc(C(F)(F)F)cc3)[C@@H]3Oc4cccc5c4[C@@]31CCN(CCc1ccccc1)[C@@H]2C5. The molecule has 49 heavy (non-hydrogen) atoms. The Labute approximate surface area is 285 Å². The highest BCUT2D eigenvalue weighted by Crippen LogP contribution is 2.65. The minimum Gasteiger partial charge on any atom is -0.487 e. The van der Waals surface area contributed by atoms with Crippen molar-refractivity contribution < 1.29 is 32.2 Å². The summed E-state index contributed by atoms with van der Waals surface area (Å²) in [4.78, 5) is 31.4. The molecular weight excluding hydrogens is 629 g/mol. The second-order valence-electron chi connectivity index (χ2n) is 14.3. The molecule has 1 saturated carbocycles. The molecule has 0 aromatic heterocycles. The fourth-order valence-corrected chi connectivity index (χ4v) is 9.22. The van der Waals surface area contributed by atoms with Gasteiger partial charge >= 0.3 is 12.1 Å². The van der Waals surface area contributed by atoms with Crippen LogP contribution in [-0.4, -0.2) is 65.1 Å². The van der Waals surface area contributed by atoms with Crippen LogP contribution < -0.4 is 4.74 Å². The summed E-state index contributed by atoms with van der Waals surface area (Å²) >= 11 is 0. The van der Waals surface area contributed by atoms with Crippen LogP contribution in [0.1, 0.15) is 67.9 Å². The molecule has 7 rings (SSSR count). The number of piperidine rings is 1. The molecule has 2 heterocycles. The van der Waals surface area contributed by atoms with E-state index >= 15 is 0 Å². The first-order valence-electron chi connectivity index (χ1n) is 17.2. The number of halogens is 3. The van der Waals surface area contributed by atoms with E-state index < -0.39 is 34.8 Å². The van der Waals surface area contributed by atoms with Crippen LogP contribution in [0.5, 0.6) is 5.75 Å². The number of benzene rings is 3. The summed E-state index contributed by atoms with van der Waals surface area (Å²) in [6.45, 7) is 7.62. The lowest BCUT2D eigenvalue weighted by atomic mass is 9.48. The van der Waals surface area contributed by atoms with Gasteiger partial charge in [0.25, 0.3) is 5.91 Å². The molecule has 9 heteroatoms. The van der Waals surface area contributed by atoms with Crippen molar-refractivity contribution >= 4 is 11.9 Å². The van der Waals surface area contributed by atoms with E-state index in [1.807, 2.05) is 32.0 Å². The largest absolute Gasteiger partial charge is 0.487 e. The molecule has 3 aromatic carbocycles. The van der Waals surface area contributed by atoms with Crippen molar-refractivity contribution in [2.24, 2.45) is 5.92 Å². The topological polar surface area (TPSA) is 59.1 Å². The predicted octanol–water partition coefficient (Wildman–Crippen LogP) is 6.58. The van der Waals surface area contributed by atoms with Crippen molar-refractivity contribution in [3.63, 3.8) is 0 Å². The Hall–Kier alpha value is -4.29. The third-order valence-corrected chi connectivity index (χ3v) is 11.0. The molecule has 5 atom stereocenters. The van der Waals surface area contributed by atoms with Gasteiger partial charge in [-0.05, 0) is 86.0 Å². The Morgan fingerprint density at radius 1 is 1.04 bits per heavy atom. The maximum atomic E-state index is 14.0. The number of nitrogens with zero attached hydrogens (tertiary/aromatic N) is 2. The second kappa shape index (κ2) is 12.5. The average molecular weight is 671 g/mol. The molecule has 0 N–H and O–H groups in total. The number of amides is 1. The third kappa shape index (κ3) is 5.68. The van der Waals surface area contributed by atoms with Crippen molar-refractivity contribution in [1.29, 1.82) is 0 Å². The fraction of sp³-hybridized carbons (Fsp3) is 0.450. The summed E-state index contributed by atoms with van der Waals surface area (Å²) < 4.78 is 52.9. The number of esters is 1. The summed E-state index contributed by atoms with van der Waals surface area (Å²) in [7, 11) is 0. The van der Waals surface area contributed by atoms with Gasteiger partial charge in [0.15, 0.2) is 0 Å². The number of carbonyl (C=O) groups excluding carboxylic acids is 2. The van der Waals surface area contributed by atoms with E-state index in [2.05, 4.69) is 47.1 Å². The number of alkyl halides is 3. The van der Waals surface area contributed by atoms with Gasteiger partial charge in [0.05, 0.1) is 23.1 Å². The third-order valence-electron chi connectivity index (χ3n) is 11.0. The summed E-state index contributed by atoms with van der Waals surface area (Å²) in [6, 6.07) is 20.7. The zero-order valence-corrected chi connectivity index (χ0v) is 28.1. The summed E-state index contributed by atoms with van der Waals surface area (Å²) in [5.41, 5.74) is 1.63. The van der Waals surface area contributed by atoms with Gasteiger partial charge in [0.1, 0.15) is 17.5 Å². The molecule has 2 fully saturated rings. The quantitative estimate of drug-likeness (QED) is 0.210. The van der Waals surface area contributed by atoms with Gasteiger partial charge in [0, 0.05) is 37.1 Å². The first-order chi connectivity index (χ1) is 23.4. The van der Waals surface area contributed by atoms with Crippen LogP contribution in [-0.2, 0) is 38.8 Å². The zero-order valence-electron chi connectivity index (χ0n) is 28.1. The normalized spacial score (nSPS) is 26.6. The number of rotatable bonds is 7. The van der Waals surface area contributed by atoms with Gasteiger partial charge < -0.3 is 14.4 Å². The van der Waals surface area contributed by atoms with Gasteiger partial charge in [-0.2, -0.15) is 13.2 Å². The number of hydrogen-bond acceptors (Lipinski definition) is 5. The molecule has 6 nitrogen and oxygen atoms in total. The molecular formula is C40H41F3N2O4. The molecule has 256 valence electrons. The van der Waals surface area contributed by atoms with Crippen LogP contribution in [0.4, 0.5) is 13.2 Å². The average Bonchev–Trinajstić information content (AvgIpc) is 3.41. The molecule has 0 radical (unpaired) electrons. The number of hydrogen-bond donors (Lipinski definition) is 0. The highest BCUT2D eigenvalue weighted by Gasteiger charge is 2.75. The van der Waals surface area contributed by atoms with E-state index in [1.165, 1.54) is 30.2 Å². The lowest BCUT2D eigenvalue weighted by Crippen LogP contribution is -2.79. The molecule has 1 amide bonds. The fourth-order valence-electron chi connectivity index (χ4n) is 9.22. The molecule has 2 bridgehead atoms. The van der Waals surface area contributed by atoms with E-state index in [4.69, 9.17) is 9.47 Å². The van der Waals surface area contributed by atoms with Crippen molar-refractivity contribution in [1.82, 2.24) is 9.80 Å². The van der Waals surface area contributed by atoms with Crippen LogP contribution >= 0.6 is 0 Å². The molecule has 2 aliphatic heterocycles. The highest BCUT2D eigenvalue weighted by atomic mass is 19.4. The van der Waals surface area contributed by atoms with Gasteiger partial charge in [-0.1, -0.05) is 62.2 Å². The monoisotopic (exact) mass is 670 g/mol. The van der Waals surface area contributed by atoms with Gasteiger partial charge in [0.2, 0.25) is 0 Å². The van der Waals surface area contributed by atoms with E-state index in [9.17, 15) is 22.8 Å². The Bertz CT molecular complexity index is 1800. The number of likely N-dealkylation sites (tertiary alicyclic amines) is 1. The molecule has 1 saturated heterocycles. The van der Waals surface area contributed by atoms with E-state index in [1.54, 1.807) is 4.90 Å². The minimum absolute atomic E-state index is 0.0597. The standard InChI is InChI=1S/C40H41F3N2O4/c1-26(2)25-45(35(47)17-14-29-12-15-31(16-13-29)40(41,42)43)32-18-20-39(49-27(3)46)34-24-30-10-7-11-33-36(30)38(39,37(32)48-33)21-23-44(34)22-19-28-8-5-4-6-9-28/h4-13,15-16,26,32,34,37H,18-25H2,1-3H3/t32-,34-,37+,38+,39-/m1/s1. The van der Waals surface area contributed by atoms with Crippen molar-refractivity contribution in [2.45, 2.75) is 88.3 Å². The molecule has 4 aliphatic rings. The van der Waals surface area contributed by atoms with Crippen LogP contribution in [0.25, 0.3) is 0 Å². The van der Waals surface area contributed by atoms with E-state index in [0.717, 1.165) is 49.4 Å². The van der Waals surface area contributed by atoms with Crippen molar-refractivity contribution in [2.75, 3.05) is 19.6 Å². The predicted molar refractivity (Wildman–Crippen MR) is 179 cm³/mol. The molecule has 2 aliphatic carbocycles. The number of carbonyl (C=O) groups is 2. The van der Waals surface area contributed by atoms with Crippen LogP contribution in [0.3, 0.4) is 0 Å². The van der Waals surface area contributed by atoms with Crippen LogP contribution in [0, 0.1) is 17.8 Å². The van der Waals surface area contributed by atoms with Gasteiger partial charge in [-0.3, -0.25) is 14.5 Å². The Morgan fingerprint density at radius 2 is 1.80 bits per heavy atom. The van der Waals surface area contributed by atoms with Crippen molar-refractivity contribution in [3.05, 3.63) is 101 Å². The number of ether oxygens (including phenoxy) is 2. The Balaban J connectivity index is 1.26. The lowest BCUT2D eigenvalue weighted by molar-refractivity contribution is -0.224. The second-order valence-corrected chi connectivity index (χ2v) is 14.3. The maximum absolute atomic E-state index is 14.0. The lowest BCUT2D eigenvalue weighted by Gasteiger charge is -2.65.